The van der Waals surface area contributed by atoms with E-state index in [0.717, 1.165) is 34.0 Å². The minimum absolute atomic E-state index is 0.331. The van der Waals surface area contributed by atoms with Crippen molar-refractivity contribution < 1.29 is 19.0 Å². The van der Waals surface area contributed by atoms with Gasteiger partial charge in [-0.05, 0) is 76.3 Å². The van der Waals surface area contributed by atoms with Crippen LogP contribution in [0, 0.1) is 0 Å². The molecule has 0 aliphatic carbocycles. The van der Waals surface area contributed by atoms with E-state index in [1.54, 1.807) is 11.8 Å². The Morgan fingerprint density at radius 2 is 1.91 bits per heavy atom. The maximum Gasteiger partial charge on any atom is 0.338 e. The van der Waals surface area contributed by atoms with Gasteiger partial charge >= 0.3 is 5.97 Å². The van der Waals surface area contributed by atoms with Crippen molar-refractivity contribution in [3.05, 3.63) is 103 Å². The molecule has 44 heavy (non-hydrogen) atoms. The number of thioether (sulfide) groups is 1. The smallest absolute Gasteiger partial charge is 0.338 e. The van der Waals surface area contributed by atoms with Gasteiger partial charge in [-0.2, -0.15) is 4.98 Å². The lowest BCUT2D eigenvalue weighted by Gasteiger charge is -2.29. The van der Waals surface area contributed by atoms with Gasteiger partial charge in [0, 0.05) is 20.9 Å². The van der Waals surface area contributed by atoms with Crippen LogP contribution in [0.5, 0.6) is 11.5 Å². The van der Waals surface area contributed by atoms with Crippen LogP contribution >= 0.6 is 55.2 Å². The largest absolute Gasteiger partial charge is 0.493 e. The predicted molar refractivity (Wildman–Crippen MR) is 181 cm³/mol. The molecule has 0 radical (unpaired) electrons. The third kappa shape index (κ3) is 7.44. The minimum atomic E-state index is -0.631. The fourth-order valence-electron chi connectivity index (χ4n) is 4.68. The Morgan fingerprint density at radius 3 is 2.64 bits per heavy atom. The van der Waals surface area contributed by atoms with Crippen LogP contribution in [-0.2, 0) is 21.9 Å². The molecule has 5 rings (SSSR count). The van der Waals surface area contributed by atoms with Crippen LogP contribution < -0.4 is 14.8 Å². The topological polar surface area (TPSA) is 87.5 Å². The fraction of sp³-hybridized carbons (Fsp3) is 0.281. The molecule has 3 aromatic carbocycles. The summed E-state index contributed by atoms with van der Waals surface area (Å²) in [5.41, 5.74) is 3.83. The van der Waals surface area contributed by atoms with Crippen molar-refractivity contribution in [2.75, 3.05) is 19.0 Å². The summed E-state index contributed by atoms with van der Waals surface area (Å²) >= 11 is 15.0. The number of rotatable bonds is 12. The molecule has 4 aromatic rings. The summed E-state index contributed by atoms with van der Waals surface area (Å²) in [7, 11) is 1.59. The fourth-order valence-corrected chi connectivity index (χ4v) is 6.64. The molecule has 0 spiro atoms. The van der Waals surface area contributed by atoms with Gasteiger partial charge in [0.25, 0.3) is 0 Å². The second kappa shape index (κ2) is 14.9. The average Bonchev–Trinajstić information content (AvgIpc) is 3.42. The first kappa shape index (κ1) is 32.4. The molecule has 1 aliphatic rings. The summed E-state index contributed by atoms with van der Waals surface area (Å²) < 4.78 is 21.1. The summed E-state index contributed by atoms with van der Waals surface area (Å²) in [6.07, 6.45) is 1.69. The van der Waals surface area contributed by atoms with E-state index in [4.69, 9.17) is 35.9 Å². The lowest BCUT2D eigenvalue weighted by molar-refractivity contribution is -0.139. The van der Waals surface area contributed by atoms with Crippen LogP contribution in [-0.4, -0.2) is 34.5 Å². The number of esters is 1. The molecule has 0 saturated carbocycles. The lowest BCUT2D eigenvalue weighted by atomic mass is 9.95. The normalized spacial score (nSPS) is 14.2. The highest BCUT2D eigenvalue weighted by molar-refractivity contribution is 9.10. The summed E-state index contributed by atoms with van der Waals surface area (Å²) in [6, 6.07) is 18.8. The van der Waals surface area contributed by atoms with Gasteiger partial charge < -0.3 is 19.5 Å². The number of nitrogens with zero attached hydrogens (tertiary/aromatic N) is 3. The molecule has 0 fully saturated rings. The standard InChI is InChI=1S/C32H31Br2ClN4O4S/c1-4-5-14-42-30(40)27-19(2)36-31-37-32(44-18-21-8-6-7-9-25(21)35)38-39(31)28(27)22-15-24(34)29(26(16-22)41-3)43-17-20-10-12-23(33)13-11-20/h6-13,15-16,28H,4-5,14,17-18H2,1-3H3,(H,36,37,38). The molecule has 0 bridgehead atoms. The molecule has 1 atom stereocenters. The number of allylic oxidation sites excluding steroid dienone is 1. The van der Waals surface area contributed by atoms with E-state index in [1.165, 1.54) is 11.8 Å². The molecule has 230 valence electrons. The number of carbonyl (C=O) groups excluding carboxylic acids is 1. The first-order chi connectivity index (χ1) is 21.3. The molecule has 2 heterocycles. The summed E-state index contributed by atoms with van der Waals surface area (Å²) in [5, 5.41) is 9.34. The first-order valence-electron chi connectivity index (χ1n) is 14.0. The van der Waals surface area contributed by atoms with Gasteiger partial charge in [0.2, 0.25) is 11.1 Å². The van der Waals surface area contributed by atoms with E-state index in [-0.39, 0.29) is 0 Å². The number of hydrogen-bond acceptors (Lipinski definition) is 8. The van der Waals surface area contributed by atoms with Crippen molar-refractivity contribution in [1.82, 2.24) is 14.8 Å². The quantitative estimate of drug-likeness (QED) is 0.0870. The zero-order chi connectivity index (χ0) is 31.2. The number of anilines is 1. The van der Waals surface area contributed by atoms with E-state index in [2.05, 4.69) is 44.1 Å². The monoisotopic (exact) mass is 760 g/mol. The number of hydrogen-bond donors (Lipinski definition) is 1. The second-order valence-corrected chi connectivity index (χ2v) is 13.2. The Labute approximate surface area is 282 Å². The molecule has 0 amide bonds. The predicted octanol–water partition coefficient (Wildman–Crippen LogP) is 8.97. The van der Waals surface area contributed by atoms with Gasteiger partial charge in [0.15, 0.2) is 11.5 Å². The SMILES string of the molecule is CCCCOC(=O)C1=C(C)Nc2nc(SCc3ccccc3Cl)nn2C1c1cc(Br)c(OCc2ccc(Br)cc2)c(OC)c1. The summed E-state index contributed by atoms with van der Waals surface area (Å²) in [4.78, 5) is 18.3. The molecule has 1 N–H and O–H groups in total. The number of fused-ring (bicyclic) bond motifs is 1. The molecule has 1 aromatic heterocycles. The van der Waals surface area contributed by atoms with Crippen molar-refractivity contribution >= 4 is 67.1 Å². The Hall–Kier alpha value is -2.99. The summed E-state index contributed by atoms with van der Waals surface area (Å²) in [5.74, 6) is 1.76. The number of carbonyl (C=O) groups is 1. The van der Waals surface area contributed by atoms with Crippen molar-refractivity contribution in [1.29, 1.82) is 0 Å². The van der Waals surface area contributed by atoms with E-state index >= 15 is 0 Å². The van der Waals surface area contributed by atoms with E-state index in [9.17, 15) is 4.79 Å². The molecule has 8 nitrogen and oxygen atoms in total. The number of unbranched alkanes of at least 4 members (excludes halogenated alkanes) is 1. The third-order valence-electron chi connectivity index (χ3n) is 6.96. The van der Waals surface area contributed by atoms with Crippen molar-refractivity contribution in [3.8, 4) is 11.5 Å². The van der Waals surface area contributed by atoms with Crippen LogP contribution in [0.1, 0.15) is 49.4 Å². The van der Waals surface area contributed by atoms with Crippen LogP contribution in [0.3, 0.4) is 0 Å². The van der Waals surface area contributed by atoms with E-state index in [0.29, 0.717) is 62.3 Å². The van der Waals surface area contributed by atoms with Crippen molar-refractivity contribution in [2.45, 2.75) is 50.2 Å². The highest BCUT2D eigenvalue weighted by atomic mass is 79.9. The van der Waals surface area contributed by atoms with Gasteiger partial charge in [-0.25, -0.2) is 9.48 Å². The molecular weight excluding hydrogens is 732 g/mol. The number of benzene rings is 3. The molecule has 1 unspecified atom stereocenters. The van der Waals surface area contributed by atoms with Gasteiger partial charge in [-0.3, -0.25) is 0 Å². The van der Waals surface area contributed by atoms with Crippen LogP contribution in [0.25, 0.3) is 0 Å². The van der Waals surface area contributed by atoms with E-state index < -0.39 is 12.0 Å². The van der Waals surface area contributed by atoms with Gasteiger partial charge in [0.05, 0.1) is 23.8 Å². The minimum Gasteiger partial charge on any atom is -0.493 e. The van der Waals surface area contributed by atoms with Gasteiger partial charge in [-0.15, -0.1) is 5.10 Å². The Kier molecular flexibility index (Phi) is 10.9. The zero-order valence-electron chi connectivity index (χ0n) is 24.4. The third-order valence-corrected chi connectivity index (χ3v) is 9.34. The van der Waals surface area contributed by atoms with Crippen molar-refractivity contribution in [3.63, 3.8) is 0 Å². The highest BCUT2D eigenvalue weighted by Gasteiger charge is 2.36. The second-order valence-electron chi connectivity index (χ2n) is 10.0. The lowest BCUT2D eigenvalue weighted by Crippen LogP contribution is -2.30. The Morgan fingerprint density at radius 1 is 1.14 bits per heavy atom. The number of aromatic nitrogens is 3. The molecule has 0 saturated heterocycles. The highest BCUT2D eigenvalue weighted by Crippen LogP contribution is 2.43. The Bertz CT molecular complexity index is 1680. The summed E-state index contributed by atoms with van der Waals surface area (Å²) in [6.45, 7) is 4.58. The van der Waals surface area contributed by atoms with Gasteiger partial charge in [-0.1, -0.05) is 83.0 Å². The average molecular weight is 763 g/mol. The maximum atomic E-state index is 13.5. The molecule has 1 aliphatic heterocycles. The first-order valence-corrected chi connectivity index (χ1v) is 17.0. The van der Waals surface area contributed by atoms with Crippen LogP contribution in [0.15, 0.2) is 86.0 Å². The zero-order valence-corrected chi connectivity index (χ0v) is 29.1. The number of halogens is 3. The van der Waals surface area contributed by atoms with Crippen molar-refractivity contribution in [2.24, 2.45) is 0 Å². The number of ether oxygens (including phenoxy) is 3. The molecule has 12 heteroatoms. The Balaban J connectivity index is 1.50. The van der Waals surface area contributed by atoms with Gasteiger partial charge in [0.1, 0.15) is 12.6 Å². The van der Waals surface area contributed by atoms with Crippen LogP contribution in [0.4, 0.5) is 5.95 Å². The van der Waals surface area contributed by atoms with Crippen LogP contribution in [0.2, 0.25) is 5.02 Å². The van der Waals surface area contributed by atoms with E-state index in [1.807, 2.05) is 67.6 Å². The number of methoxy groups -OCH3 is 1. The maximum absolute atomic E-state index is 13.5. The molecular formula is C32H31Br2ClN4O4S. The number of nitrogens with one attached hydrogen (secondary N) is 1.